The number of rotatable bonds is 9. The molecule has 3 aromatic carbocycles. The lowest BCUT2D eigenvalue weighted by Gasteiger charge is -2.19. The number of H-pyrrole nitrogens is 1. The first-order valence-electron chi connectivity index (χ1n) is 10.6. The van der Waals surface area contributed by atoms with Crippen LogP contribution in [0.3, 0.4) is 0 Å². The highest BCUT2D eigenvalue weighted by molar-refractivity contribution is 6.08. The van der Waals surface area contributed by atoms with Crippen molar-refractivity contribution in [2.45, 2.75) is 6.61 Å². The van der Waals surface area contributed by atoms with Crippen molar-refractivity contribution in [2.24, 2.45) is 0 Å². The van der Waals surface area contributed by atoms with Crippen LogP contribution in [0.25, 0.3) is 10.9 Å². The molecule has 0 bridgehead atoms. The smallest absolute Gasteiger partial charge is 0.256 e. The highest BCUT2D eigenvalue weighted by Gasteiger charge is 2.14. The number of ether oxygens (including phenoxy) is 2. The normalized spacial score (nSPS) is 10.9. The molecule has 0 aliphatic carbocycles. The lowest BCUT2D eigenvalue weighted by Crippen LogP contribution is -2.22. The number of fused-ring (bicyclic) bond motifs is 1. The Morgan fingerprint density at radius 1 is 1.09 bits per heavy atom. The second kappa shape index (κ2) is 10.3. The Hall–Kier alpha value is -3.98. The van der Waals surface area contributed by atoms with E-state index in [9.17, 15) is 13.6 Å². The number of hydrogen-bond acceptors (Lipinski definition) is 5. The second-order valence-electron chi connectivity index (χ2n) is 7.76. The molecule has 2 N–H and O–H groups in total. The highest BCUT2D eigenvalue weighted by atomic mass is 19.1. The molecule has 1 heterocycles. The average Bonchev–Trinajstić information content (AvgIpc) is 3.22. The maximum Gasteiger partial charge on any atom is 0.256 e. The molecule has 0 unspecified atom stereocenters. The number of nitrogens with one attached hydrogen (secondary N) is 2. The molecule has 0 spiro atoms. The number of benzene rings is 3. The summed E-state index contributed by atoms with van der Waals surface area (Å²) in [4.78, 5) is 14.9. The van der Waals surface area contributed by atoms with Gasteiger partial charge in [0.05, 0.1) is 12.1 Å². The summed E-state index contributed by atoms with van der Waals surface area (Å²) in [6.45, 7) is 1.25. The zero-order valence-electron chi connectivity index (χ0n) is 18.8. The molecule has 7 nitrogen and oxygen atoms in total. The topological polar surface area (TPSA) is 79.5 Å². The van der Waals surface area contributed by atoms with Gasteiger partial charge in [0.2, 0.25) is 0 Å². The van der Waals surface area contributed by atoms with E-state index in [4.69, 9.17) is 9.47 Å². The van der Waals surface area contributed by atoms with Gasteiger partial charge in [0.25, 0.3) is 5.91 Å². The van der Waals surface area contributed by atoms with Crippen molar-refractivity contribution in [3.05, 3.63) is 83.4 Å². The third kappa shape index (κ3) is 5.49. The van der Waals surface area contributed by atoms with Gasteiger partial charge in [-0.05, 0) is 54.1 Å². The van der Waals surface area contributed by atoms with E-state index in [0.29, 0.717) is 46.7 Å². The molecule has 9 heteroatoms. The Labute approximate surface area is 195 Å². The zero-order chi connectivity index (χ0) is 24.1. The van der Waals surface area contributed by atoms with Crippen LogP contribution in [0.2, 0.25) is 0 Å². The van der Waals surface area contributed by atoms with Crippen molar-refractivity contribution >= 4 is 28.3 Å². The second-order valence-corrected chi connectivity index (χ2v) is 7.76. The van der Waals surface area contributed by atoms with E-state index in [1.165, 1.54) is 12.1 Å². The van der Waals surface area contributed by atoms with Crippen molar-refractivity contribution in [3.8, 4) is 5.75 Å². The maximum absolute atomic E-state index is 13.4. The third-order valence-electron chi connectivity index (χ3n) is 5.27. The number of aromatic nitrogens is 2. The van der Waals surface area contributed by atoms with Crippen LogP contribution in [0.5, 0.6) is 5.75 Å². The van der Waals surface area contributed by atoms with E-state index in [2.05, 4.69) is 15.5 Å². The standard InChI is InChI=1S/C25H24F2N4O3/c1-31(8-9-33-2)20-5-3-4-17(12-20)25(32)28-24-22-14-21(6-7-23(22)29-30-24)34-15-16-10-18(26)13-19(27)11-16/h3-7,10-14H,8-9,15H2,1-2H3,(H2,28,29,30,32). The van der Waals surface area contributed by atoms with Crippen molar-refractivity contribution in [1.29, 1.82) is 0 Å². The minimum atomic E-state index is -0.664. The van der Waals surface area contributed by atoms with Gasteiger partial charge in [0.1, 0.15) is 24.0 Å². The predicted octanol–water partition coefficient (Wildman–Crippen LogP) is 4.76. The lowest BCUT2D eigenvalue weighted by atomic mass is 10.1. The van der Waals surface area contributed by atoms with Crippen LogP contribution < -0.4 is 15.0 Å². The lowest BCUT2D eigenvalue weighted by molar-refractivity contribution is 0.102. The number of likely N-dealkylation sites (N-methyl/N-ethyl adjacent to an activating group) is 1. The largest absolute Gasteiger partial charge is 0.489 e. The van der Waals surface area contributed by atoms with Crippen LogP contribution in [0.4, 0.5) is 20.3 Å². The van der Waals surface area contributed by atoms with Crippen LogP contribution in [-0.2, 0) is 11.3 Å². The van der Waals surface area contributed by atoms with Gasteiger partial charge < -0.3 is 19.7 Å². The van der Waals surface area contributed by atoms with Crippen molar-refractivity contribution in [1.82, 2.24) is 10.2 Å². The molecule has 0 aliphatic heterocycles. The van der Waals surface area contributed by atoms with Crippen LogP contribution >= 0.6 is 0 Å². The number of amides is 1. The Morgan fingerprint density at radius 2 is 1.88 bits per heavy atom. The van der Waals surface area contributed by atoms with Gasteiger partial charge in [0.15, 0.2) is 5.82 Å². The van der Waals surface area contributed by atoms with E-state index in [1.807, 2.05) is 24.1 Å². The predicted molar refractivity (Wildman–Crippen MR) is 126 cm³/mol. The Morgan fingerprint density at radius 3 is 2.65 bits per heavy atom. The molecule has 0 atom stereocenters. The first-order valence-corrected chi connectivity index (χ1v) is 10.6. The summed E-state index contributed by atoms with van der Waals surface area (Å²) in [5, 5.41) is 10.5. The molecule has 0 aliphatic rings. The van der Waals surface area contributed by atoms with Crippen molar-refractivity contribution < 1.29 is 23.0 Å². The van der Waals surface area contributed by atoms with Gasteiger partial charge in [-0.25, -0.2) is 8.78 Å². The highest BCUT2D eigenvalue weighted by Crippen LogP contribution is 2.27. The fraction of sp³-hybridized carbons (Fsp3) is 0.200. The minimum Gasteiger partial charge on any atom is -0.489 e. The average molecular weight is 466 g/mol. The summed E-state index contributed by atoms with van der Waals surface area (Å²) in [5.74, 6) is -0.820. The van der Waals surface area contributed by atoms with Gasteiger partial charge in [0, 0.05) is 43.4 Å². The van der Waals surface area contributed by atoms with E-state index in [1.54, 1.807) is 37.4 Å². The molecule has 34 heavy (non-hydrogen) atoms. The first kappa shape index (κ1) is 23.2. The fourth-order valence-corrected chi connectivity index (χ4v) is 3.46. The summed E-state index contributed by atoms with van der Waals surface area (Å²) in [6, 6.07) is 15.7. The molecule has 0 fully saturated rings. The minimum absolute atomic E-state index is 0.0108. The molecule has 0 saturated carbocycles. The molecule has 4 rings (SSSR count). The van der Waals surface area contributed by atoms with Crippen LogP contribution in [0.1, 0.15) is 15.9 Å². The van der Waals surface area contributed by atoms with Gasteiger partial charge in [-0.1, -0.05) is 6.07 Å². The van der Waals surface area contributed by atoms with E-state index in [0.717, 1.165) is 11.8 Å². The molecule has 1 amide bonds. The number of nitrogens with zero attached hydrogens (tertiary/aromatic N) is 2. The first-order chi connectivity index (χ1) is 16.4. The summed E-state index contributed by atoms with van der Waals surface area (Å²) >= 11 is 0. The molecular weight excluding hydrogens is 442 g/mol. The van der Waals surface area contributed by atoms with Gasteiger partial charge in [-0.3, -0.25) is 9.89 Å². The maximum atomic E-state index is 13.4. The SMILES string of the molecule is COCCN(C)c1cccc(C(=O)Nc2n[nH]c3ccc(OCc4cc(F)cc(F)c4)cc23)c1. The van der Waals surface area contributed by atoms with Gasteiger partial charge in [-0.15, -0.1) is 0 Å². The molecule has 0 radical (unpaired) electrons. The summed E-state index contributed by atoms with van der Waals surface area (Å²) in [5.41, 5.74) is 2.45. The van der Waals surface area contributed by atoms with Crippen LogP contribution in [0.15, 0.2) is 60.7 Å². The molecular formula is C25H24F2N4O3. The number of methoxy groups -OCH3 is 1. The van der Waals surface area contributed by atoms with Gasteiger partial charge in [-0.2, -0.15) is 5.10 Å². The zero-order valence-corrected chi connectivity index (χ0v) is 18.8. The number of aromatic amines is 1. The summed E-state index contributed by atoms with van der Waals surface area (Å²) < 4.78 is 37.6. The third-order valence-corrected chi connectivity index (χ3v) is 5.27. The molecule has 0 saturated heterocycles. The molecule has 1 aromatic heterocycles. The number of carbonyl (C=O) groups is 1. The van der Waals surface area contributed by atoms with Crippen LogP contribution in [-0.4, -0.2) is 43.4 Å². The Bertz CT molecular complexity index is 1290. The Balaban J connectivity index is 1.48. The van der Waals surface area contributed by atoms with Gasteiger partial charge >= 0.3 is 0 Å². The number of carbonyl (C=O) groups excluding carboxylic acids is 1. The summed E-state index contributed by atoms with van der Waals surface area (Å²) in [6.07, 6.45) is 0. The van der Waals surface area contributed by atoms with Crippen molar-refractivity contribution in [3.63, 3.8) is 0 Å². The Kier molecular flexibility index (Phi) is 7.03. The van der Waals surface area contributed by atoms with E-state index >= 15 is 0 Å². The number of halogens is 2. The summed E-state index contributed by atoms with van der Waals surface area (Å²) in [7, 11) is 3.57. The molecule has 176 valence electrons. The monoisotopic (exact) mass is 466 g/mol. The van der Waals surface area contributed by atoms with Crippen LogP contribution in [0, 0.1) is 11.6 Å². The molecule has 4 aromatic rings. The number of hydrogen-bond donors (Lipinski definition) is 2. The van der Waals surface area contributed by atoms with Crippen molar-refractivity contribution in [2.75, 3.05) is 37.5 Å². The van der Waals surface area contributed by atoms with E-state index < -0.39 is 11.6 Å². The van der Waals surface area contributed by atoms with E-state index in [-0.39, 0.29) is 12.5 Å². The number of anilines is 2. The fourth-order valence-electron chi connectivity index (χ4n) is 3.46. The quantitative estimate of drug-likeness (QED) is 0.372.